The Morgan fingerprint density at radius 1 is 1.25 bits per heavy atom. The third-order valence-corrected chi connectivity index (χ3v) is 2.27. The molecule has 4 heteroatoms. The predicted molar refractivity (Wildman–Crippen MR) is 64.6 cm³/mol. The minimum Gasteiger partial charge on any atom is -0.326 e. The van der Waals surface area contributed by atoms with Gasteiger partial charge in [0, 0.05) is 17.1 Å². The molecule has 0 aliphatic carbocycles. The Labute approximate surface area is 99.8 Å². The fourth-order valence-electron chi connectivity index (χ4n) is 1.28. The highest BCUT2D eigenvalue weighted by molar-refractivity contribution is 6.30. The number of benzene rings is 1. The maximum Gasteiger partial charge on any atom is 0.231 e. The SMILES string of the molecule is CCCC(=O)CC(=O)Nc1ccc(Cl)cc1. The molecule has 1 N–H and O–H groups in total. The maximum atomic E-state index is 11.4. The fraction of sp³-hybridized carbons (Fsp3) is 0.333. The maximum absolute atomic E-state index is 11.4. The number of Topliss-reactive ketones (excluding diaryl/α,β-unsaturated/α-hetero) is 1. The van der Waals surface area contributed by atoms with Gasteiger partial charge in [0.25, 0.3) is 0 Å². The van der Waals surface area contributed by atoms with Crippen LogP contribution in [0.3, 0.4) is 0 Å². The molecule has 0 fully saturated rings. The monoisotopic (exact) mass is 239 g/mol. The van der Waals surface area contributed by atoms with Crippen molar-refractivity contribution < 1.29 is 9.59 Å². The summed E-state index contributed by atoms with van der Waals surface area (Å²) in [5, 5.41) is 3.25. The van der Waals surface area contributed by atoms with Crippen LogP contribution in [0.2, 0.25) is 5.02 Å². The normalized spacial score (nSPS) is 9.88. The number of carbonyl (C=O) groups is 2. The van der Waals surface area contributed by atoms with Gasteiger partial charge in [-0.2, -0.15) is 0 Å². The van der Waals surface area contributed by atoms with Crippen LogP contribution in [-0.4, -0.2) is 11.7 Å². The molecule has 0 saturated carbocycles. The van der Waals surface area contributed by atoms with E-state index >= 15 is 0 Å². The van der Waals surface area contributed by atoms with Crippen molar-refractivity contribution in [1.82, 2.24) is 0 Å². The molecule has 0 aromatic heterocycles. The number of amides is 1. The van der Waals surface area contributed by atoms with Gasteiger partial charge < -0.3 is 5.32 Å². The molecule has 0 spiro atoms. The van der Waals surface area contributed by atoms with Crippen molar-refractivity contribution in [2.45, 2.75) is 26.2 Å². The third-order valence-electron chi connectivity index (χ3n) is 2.01. The number of anilines is 1. The molecule has 3 nitrogen and oxygen atoms in total. The first-order valence-corrected chi connectivity index (χ1v) is 5.56. The summed E-state index contributed by atoms with van der Waals surface area (Å²) in [6.07, 6.45) is 1.16. The number of halogens is 1. The molecule has 1 aromatic rings. The number of hydrogen-bond donors (Lipinski definition) is 1. The average molecular weight is 240 g/mol. The Balaban J connectivity index is 2.45. The van der Waals surface area contributed by atoms with Gasteiger partial charge in [-0.1, -0.05) is 18.5 Å². The second-order valence-electron chi connectivity index (χ2n) is 3.52. The van der Waals surface area contributed by atoms with E-state index in [9.17, 15) is 9.59 Å². The lowest BCUT2D eigenvalue weighted by Gasteiger charge is -2.04. The van der Waals surface area contributed by atoms with Crippen molar-refractivity contribution in [3.8, 4) is 0 Å². The van der Waals surface area contributed by atoms with Gasteiger partial charge in [0.15, 0.2) is 0 Å². The van der Waals surface area contributed by atoms with Crippen LogP contribution >= 0.6 is 11.6 Å². The van der Waals surface area contributed by atoms with E-state index in [1.54, 1.807) is 24.3 Å². The molecule has 86 valence electrons. The van der Waals surface area contributed by atoms with Gasteiger partial charge in [-0.05, 0) is 30.7 Å². The van der Waals surface area contributed by atoms with Gasteiger partial charge in [-0.3, -0.25) is 9.59 Å². The first kappa shape index (κ1) is 12.7. The highest BCUT2D eigenvalue weighted by atomic mass is 35.5. The molecule has 0 bridgehead atoms. The van der Waals surface area contributed by atoms with Crippen molar-refractivity contribution >= 4 is 29.0 Å². The Morgan fingerprint density at radius 3 is 2.44 bits per heavy atom. The van der Waals surface area contributed by atoms with Crippen molar-refractivity contribution in [2.75, 3.05) is 5.32 Å². The van der Waals surface area contributed by atoms with E-state index in [0.717, 1.165) is 6.42 Å². The second kappa shape index (κ2) is 6.28. The van der Waals surface area contributed by atoms with Crippen LogP contribution in [0, 0.1) is 0 Å². The highest BCUT2D eigenvalue weighted by Crippen LogP contribution is 2.13. The van der Waals surface area contributed by atoms with E-state index in [2.05, 4.69) is 5.32 Å². The average Bonchev–Trinajstić information content (AvgIpc) is 2.21. The number of carbonyl (C=O) groups excluding carboxylic acids is 2. The number of ketones is 1. The molecule has 0 atom stereocenters. The van der Waals surface area contributed by atoms with Gasteiger partial charge in [0.05, 0.1) is 6.42 Å². The molecule has 0 radical (unpaired) electrons. The zero-order chi connectivity index (χ0) is 12.0. The Hall–Kier alpha value is -1.35. The van der Waals surface area contributed by atoms with Gasteiger partial charge in [-0.15, -0.1) is 0 Å². The Morgan fingerprint density at radius 2 is 1.88 bits per heavy atom. The van der Waals surface area contributed by atoms with Crippen LogP contribution in [0.25, 0.3) is 0 Å². The molecule has 0 heterocycles. The van der Waals surface area contributed by atoms with Crippen molar-refractivity contribution in [3.63, 3.8) is 0 Å². The van der Waals surface area contributed by atoms with Gasteiger partial charge in [-0.25, -0.2) is 0 Å². The molecular formula is C12H14ClNO2. The van der Waals surface area contributed by atoms with Crippen molar-refractivity contribution in [1.29, 1.82) is 0 Å². The minimum absolute atomic E-state index is 0.0334. The second-order valence-corrected chi connectivity index (χ2v) is 3.96. The van der Waals surface area contributed by atoms with E-state index in [1.807, 2.05) is 6.92 Å². The summed E-state index contributed by atoms with van der Waals surface area (Å²) in [7, 11) is 0. The largest absolute Gasteiger partial charge is 0.326 e. The van der Waals surface area contributed by atoms with E-state index in [1.165, 1.54) is 0 Å². The standard InChI is InChI=1S/C12H14ClNO2/c1-2-3-11(15)8-12(16)14-10-6-4-9(13)5-7-10/h4-7H,2-3,8H2,1H3,(H,14,16). The van der Waals surface area contributed by atoms with E-state index in [0.29, 0.717) is 17.1 Å². The summed E-state index contributed by atoms with van der Waals surface area (Å²) in [6.45, 7) is 1.91. The first-order valence-electron chi connectivity index (χ1n) is 5.19. The molecule has 0 unspecified atom stereocenters. The van der Waals surface area contributed by atoms with Crippen molar-refractivity contribution in [3.05, 3.63) is 29.3 Å². The van der Waals surface area contributed by atoms with Crippen LogP contribution in [-0.2, 0) is 9.59 Å². The van der Waals surface area contributed by atoms with Gasteiger partial charge in [0.1, 0.15) is 5.78 Å². The lowest BCUT2D eigenvalue weighted by Crippen LogP contribution is -2.16. The summed E-state index contributed by atoms with van der Waals surface area (Å²) >= 11 is 5.71. The molecule has 1 aromatic carbocycles. The zero-order valence-corrected chi connectivity index (χ0v) is 9.88. The van der Waals surface area contributed by atoms with Crippen LogP contribution in [0.5, 0.6) is 0 Å². The molecule has 1 rings (SSSR count). The lowest BCUT2D eigenvalue weighted by molar-refractivity contribution is -0.125. The van der Waals surface area contributed by atoms with Crippen LogP contribution in [0.4, 0.5) is 5.69 Å². The number of rotatable bonds is 5. The molecule has 0 aliphatic heterocycles. The first-order chi connectivity index (χ1) is 7.61. The quantitative estimate of drug-likeness (QED) is 0.803. The van der Waals surface area contributed by atoms with Gasteiger partial charge >= 0.3 is 0 Å². The minimum atomic E-state index is -0.277. The molecule has 0 aliphatic rings. The molecule has 1 amide bonds. The highest BCUT2D eigenvalue weighted by Gasteiger charge is 2.08. The van der Waals surface area contributed by atoms with E-state index in [-0.39, 0.29) is 18.1 Å². The van der Waals surface area contributed by atoms with E-state index < -0.39 is 0 Å². The Kier molecular flexibility index (Phi) is 4.99. The smallest absolute Gasteiger partial charge is 0.231 e. The summed E-state index contributed by atoms with van der Waals surface area (Å²) in [4.78, 5) is 22.6. The summed E-state index contributed by atoms with van der Waals surface area (Å²) < 4.78 is 0. The summed E-state index contributed by atoms with van der Waals surface area (Å²) in [6, 6.07) is 6.77. The lowest BCUT2D eigenvalue weighted by atomic mass is 10.2. The molecule has 16 heavy (non-hydrogen) atoms. The van der Waals surface area contributed by atoms with Crippen LogP contribution in [0.1, 0.15) is 26.2 Å². The number of hydrogen-bond acceptors (Lipinski definition) is 2. The van der Waals surface area contributed by atoms with Crippen molar-refractivity contribution in [2.24, 2.45) is 0 Å². The summed E-state index contributed by atoms with van der Waals surface area (Å²) in [5.41, 5.74) is 0.652. The summed E-state index contributed by atoms with van der Waals surface area (Å²) in [5.74, 6) is -0.310. The fourth-order valence-corrected chi connectivity index (χ4v) is 1.41. The topological polar surface area (TPSA) is 46.2 Å². The molecule has 0 saturated heterocycles. The third kappa shape index (κ3) is 4.45. The Bertz CT molecular complexity index is 373. The van der Waals surface area contributed by atoms with Crippen LogP contribution in [0.15, 0.2) is 24.3 Å². The van der Waals surface area contributed by atoms with Crippen LogP contribution < -0.4 is 5.32 Å². The number of nitrogens with one attached hydrogen (secondary N) is 1. The predicted octanol–water partition coefficient (Wildman–Crippen LogP) is 3.04. The zero-order valence-electron chi connectivity index (χ0n) is 9.13. The van der Waals surface area contributed by atoms with Gasteiger partial charge in [0.2, 0.25) is 5.91 Å². The molecular weight excluding hydrogens is 226 g/mol. The van der Waals surface area contributed by atoms with E-state index in [4.69, 9.17) is 11.6 Å².